The second-order valence-electron chi connectivity index (χ2n) is 5.14. The summed E-state index contributed by atoms with van der Waals surface area (Å²) < 4.78 is 0. The van der Waals surface area contributed by atoms with E-state index < -0.39 is 0 Å². The highest BCUT2D eigenvalue weighted by Crippen LogP contribution is 2.43. The lowest BCUT2D eigenvalue weighted by atomic mass is 9.88. The second kappa shape index (κ2) is 5.26. The number of carbonyl (C=O) groups excluding carboxylic acids is 1. The third-order valence-corrected chi connectivity index (χ3v) is 4.17. The molecule has 1 unspecified atom stereocenters. The zero-order valence-corrected chi connectivity index (χ0v) is 12.0. The summed E-state index contributed by atoms with van der Waals surface area (Å²) in [5.41, 5.74) is 4.32. The monoisotopic (exact) mass is 282 g/mol. The molecule has 0 amide bonds. The van der Waals surface area contributed by atoms with E-state index in [1.807, 2.05) is 49.4 Å². The molecule has 0 spiro atoms. The quantitative estimate of drug-likeness (QED) is 0.768. The molecule has 0 saturated carbocycles. The SMILES string of the molecule is CC1=C(c2ccccc2)C(c2ccc(Cl)cc2)CC1=O. The summed E-state index contributed by atoms with van der Waals surface area (Å²) in [6.07, 6.45) is 0.553. The van der Waals surface area contributed by atoms with Crippen molar-refractivity contribution < 1.29 is 4.79 Å². The Labute approximate surface area is 123 Å². The van der Waals surface area contributed by atoms with Crippen LogP contribution in [0.2, 0.25) is 5.02 Å². The minimum absolute atomic E-state index is 0.141. The van der Waals surface area contributed by atoms with E-state index in [4.69, 9.17) is 11.6 Å². The van der Waals surface area contributed by atoms with Crippen molar-refractivity contribution in [2.24, 2.45) is 0 Å². The van der Waals surface area contributed by atoms with Gasteiger partial charge in [-0.1, -0.05) is 54.1 Å². The smallest absolute Gasteiger partial charge is 0.159 e. The zero-order valence-electron chi connectivity index (χ0n) is 11.3. The molecule has 0 radical (unpaired) electrons. The molecule has 0 aliphatic heterocycles. The standard InChI is InChI=1S/C18H15ClO/c1-12-17(20)11-16(13-7-9-15(19)10-8-13)18(12)14-5-3-2-4-6-14/h2-10,16H,11H2,1H3. The summed E-state index contributed by atoms with van der Waals surface area (Å²) in [4.78, 5) is 12.1. The van der Waals surface area contributed by atoms with Gasteiger partial charge in [-0.25, -0.2) is 0 Å². The summed E-state index contributed by atoms with van der Waals surface area (Å²) in [5.74, 6) is 0.381. The molecule has 1 aliphatic rings. The number of benzene rings is 2. The molecule has 1 aliphatic carbocycles. The fourth-order valence-corrected chi connectivity index (χ4v) is 2.99. The van der Waals surface area contributed by atoms with Crippen molar-refractivity contribution >= 4 is 23.0 Å². The molecule has 20 heavy (non-hydrogen) atoms. The highest BCUT2D eigenvalue weighted by molar-refractivity contribution is 6.30. The van der Waals surface area contributed by atoms with Crippen molar-refractivity contribution in [3.8, 4) is 0 Å². The predicted molar refractivity (Wildman–Crippen MR) is 82.9 cm³/mol. The van der Waals surface area contributed by atoms with E-state index in [1.54, 1.807) is 0 Å². The molecule has 0 heterocycles. The highest BCUT2D eigenvalue weighted by Gasteiger charge is 2.31. The fourth-order valence-electron chi connectivity index (χ4n) is 2.87. The van der Waals surface area contributed by atoms with Gasteiger partial charge in [0.1, 0.15) is 0 Å². The van der Waals surface area contributed by atoms with E-state index in [9.17, 15) is 4.79 Å². The molecule has 100 valence electrons. The number of halogens is 1. The van der Waals surface area contributed by atoms with Crippen molar-refractivity contribution in [2.45, 2.75) is 19.3 Å². The van der Waals surface area contributed by atoms with Gasteiger partial charge < -0.3 is 0 Å². The van der Waals surface area contributed by atoms with Crippen LogP contribution >= 0.6 is 11.6 Å². The minimum Gasteiger partial charge on any atom is -0.295 e. The first-order valence-corrected chi connectivity index (χ1v) is 7.09. The molecular formula is C18H15ClO. The number of ketones is 1. The van der Waals surface area contributed by atoms with E-state index in [0.717, 1.165) is 27.3 Å². The van der Waals surface area contributed by atoms with Crippen LogP contribution in [0.5, 0.6) is 0 Å². The van der Waals surface area contributed by atoms with Crippen LogP contribution < -0.4 is 0 Å². The van der Waals surface area contributed by atoms with E-state index in [0.29, 0.717) is 6.42 Å². The molecule has 2 aromatic rings. The third-order valence-electron chi connectivity index (χ3n) is 3.92. The highest BCUT2D eigenvalue weighted by atomic mass is 35.5. The predicted octanol–water partition coefficient (Wildman–Crippen LogP) is 4.87. The fraction of sp³-hybridized carbons (Fsp3) is 0.167. The van der Waals surface area contributed by atoms with Crippen LogP contribution in [0.4, 0.5) is 0 Å². The number of carbonyl (C=O) groups is 1. The first kappa shape index (κ1) is 13.1. The molecular weight excluding hydrogens is 268 g/mol. The van der Waals surface area contributed by atoms with Crippen LogP contribution in [0.1, 0.15) is 30.4 Å². The van der Waals surface area contributed by atoms with Gasteiger partial charge in [-0.2, -0.15) is 0 Å². The lowest BCUT2D eigenvalue weighted by Gasteiger charge is -2.15. The molecule has 3 rings (SSSR count). The molecule has 0 fully saturated rings. The third kappa shape index (κ3) is 2.30. The van der Waals surface area contributed by atoms with E-state index in [2.05, 4.69) is 12.1 Å². The second-order valence-corrected chi connectivity index (χ2v) is 5.57. The van der Waals surface area contributed by atoms with Gasteiger partial charge in [0.15, 0.2) is 5.78 Å². The van der Waals surface area contributed by atoms with Crippen molar-refractivity contribution in [2.75, 3.05) is 0 Å². The summed E-state index contributed by atoms with van der Waals surface area (Å²) in [6, 6.07) is 18.0. The van der Waals surface area contributed by atoms with Crippen LogP contribution in [0.3, 0.4) is 0 Å². The zero-order chi connectivity index (χ0) is 14.1. The van der Waals surface area contributed by atoms with Crippen LogP contribution in [0, 0.1) is 0 Å². The molecule has 2 aromatic carbocycles. The van der Waals surface area contributed by atoms with E-state index in [-0.39, 0.29) is 11.7 Å². The van der Waals surface area contributed by atoms with Crippen molar-refractivity contribution in [3.63, 3.8) is 0 Å². The molecule has 0 aromatic heterocycles. The van der Waals surface area contributed by atoms with Crippen LogP contribution in [-0.2, 0) is 4.79 Å². The number of Topliss-reactive ketones (excluding diaryl/α,β-unsaturated/α-hetero) is 1. The molecule has 1 atom stereocenters. The molecule has 1 nitrogen and oxygen atoms in total. The maximum absolute atomic E-state index is 12.1. The minimum atomic E-state index is 0.141. The number of allylic oxidation sites excluding steroid dienone is 2. The van der Waals surface area contributed by atoms with Gasteiger partial charge in [-0.15, -0.1) is 0 Å². The van der Waals surface area contributed by atoms with E-state index in [1.165, 1.54) is 0 Å². The lowest BCUT2D eigenvalue weighted by molar-refractivity contribution is -0.115. The Kier molecular flexibility index (Phi) is 3.45. The average molecular weight is 283 g/mol. The first-order valence-electron chi connectivity index (χ1n) is 6.71. The van der Waals surface area contributed by atoms with Crippen molar-refractivity contribution in [1.82, 2.24) is 0 Å². The Morgan fingerprint density at radius 3 is 2.30 bits per heavy atom. The van der Waals surface area contributed by atoms with Gasteiger partial charge in [0.25, 0.3) is 0 Å². The number of hydrogen-bond donors (Lipinski definition) is 0. The van der Waals surface area contributed by atoms with Gasteiger partial charge in [-0.05, 0) is 41.3 Å². The average Bonchev–Trinajstić information content (AvgIpc) is 2.77. The molecule has 0 saturated heterocycles. The van der Waals surface area contributed by atoms with Crippen LogP contribution in [0.15, 0.2) is 60.2 Å². The Balaban J connectivity index is 2.08. The summed E-state index contributed by atoms with van der Waals surface area (Å²) in [7, 11) is 0. The van der Waals surface area contributed by atoms with Crippen molar-refractivity contribution in [3.05, 3.63) is 76.3 Å². The Morgan fingerprint density at radius 2 is 1.65 bits per heavy atom. The Morgan fingerprint density at radius 1 is 1.00 bits per heavy atom. The number of rotatable bonds is 2. The molecule has 0 bridgehead atoms. The maximum Gasteiger partial charge on any atom is 0.159 e. The normalized spacial score (nSPS) is 18.7. The molecule has 2 heteroatoms. The number of hydrogen-bond acceptors (Lipinski definition) is 1. The van der Waals surface area contributed by atoms with Gasteiger partial charge in [0.2, 0.25) is 0 Å². The van der Waals surface area contributed by atoms with E-state index >= 15 is 0 Å². The molecule has 0 N–H and O–H groups in total. The van der Waals surface area contributed by atoms with Gasteiger partial charge in [0, 0.05) is 17.4 Å². The van der Waals surface area contributed by atoms with Gasteiger partial charge >= 0.3 is 0 Å². The largest absolute Gasteiger partial charge is 0.295 e. The first-order chi connectivity index (χ1) is 9.66. The topological polar surface area (TPSA) is 17.1 Å². The van der Waals surface area contributed by atoms with Crippen molar-refractivity contribution in [1.29, 1.82) is 0 Å². The van der Waals surface area contributed by atoms with Gasteiger partial charge in [0.05, 0.1) is 0 Å². The summed E-state index contributed by atoms with van der Waals surface area (Å²) in [5, 5.41) is 0.722. The summed E-state index contributed by atoms with van der Waals surface area (Å²) >= 11 is 5.95. The maximum atomic E-state index is 12.1. The van der Waals surface area contributed by atoms with Crippen LogP contribution in [0.25, 0.3) is 5.57 Å². The Bertz CT molecular complexity index is 668. The van der Waals surface area contributed by atoms with Gasteiger partial charge in [-0.3, -0.25) is 4.79 Å². The van der Waals surface area contributed by atoms with Crippen LogP contribution in [-0.4, -0.2) is 5.78 Å². The lowest BCUT2D eigenvalue weighted by Crippen LogP contribution is -1.99. The Hall–Kier alpha value is -1.86. The summed E-state index contributed by atoms with van der Waals surface area (Å²) in [6.45, 7) is 1.93.